The Labute approximate surface area is 279 Å². The standard InChI is InChI=1S/C43H29N3O/c1-4-12-28(13-5-1)32-22-20-30-21-23-33(25-34(30)24-32)42-44-41(31-16-8-3-9-17-31)45-43(46-42)37-26-35(29-14-6-2-7-15-29)27-39-40(37)36-18-10-11-19-38(36)47-39/h1-27,42H,(H,44,45,46)/i2D,6D,7D,14D,15D. The number of hydrogen-bond donors (Lipinski definition) is 1. The van der Waals surface area contributed by atoms with Crippen molar-refractivity contribution in [3.63, 3.8) is 0 Å². The molecule has 7 aromatic carbocycles. The van der Waals surface area contributed by atoms with Crippen LogP contribution in [0.4, 0.5) is 0 Å². The van der Waals surface area contributed by atoms with Crippen LogP contribution in [0.1, 0.15) is 29.7 Å². The van der Waals surface area contributed by atoms with Gasteiger partial charge in [-0.25, -0.2) is 9.98 Å². The second kappa shape index (κ2) is 11.3. The molecule has 0 amide bonds. The third-order valence-electron chi connectivity index (χ3n) is 8.58. The van der Waals surface area contributed by atoms with Crippen LogP contribution in [-0.2, 0) is 0 Å². The van der Waals surface area contributed by atoms with Gasteiger partial charge >= 0.3 is 0 Å². The minimum atomic E-state index is -0.617. The second-order valence-electron chi connectivity index (χ2n) is 11.5. The summed E-state index contributed by atoms with van der Waals surface area (Å²) in [6.45, 7) is 0. The number of aliphatic imine (C=N–C) groups is 2. The first-order valence-electron chi connectivity index (χ1n) is 17.9. The van der Waals surface area contributed by atoms with Crippen LogP contribution in [0.5, 0.6) is 0 Å². The fourth-order valence-electron chi connectivity index (χ4n) is 6.29. The summed E-state index contributed by atoms with van der Waals surface area (Å²) in [4.78, 5) is 10.4. The van der Waals surface area contributed by atoms with E-state index in [1.165, 1.54) is 0 Å². The van der Waals surface area contributed by atoms with Crippen molar-refractivity contribution in [2.45, 2.75) is 6.17 Å². The van der Waals surface area contributed by atoms with E-state index >= 15 is 0 Å². The lowest BCUT2D eigenvalue weighted by molar-refractivity contribution is 0.669. The van der Waals surface area contributed by atoms with Gasteiger partial charge in [0, 0.05) is 21.9 Å². The lowest BCUT2D eigenvalue weighted by atomic mass is 9.97. The van der Waals surface area contributed by atoms with Crippen molar-refractivity contribution in [1.29, 1.82) is 0 Å². The van der Waals surface area contributed by atoms with E-state index in [-0.39, 0.29) is 17.6 Å². The van der Waals surface area contributed by atoms with Crippen molar-refractivity contribution >= 4 is 44.4 Å². The molecular formula is C43H29N3O. The monoisotopic (exact) mass is 608 g/mol. The summed E-state index contributed by atoms with van der Waals surface area (Å²) in [6.07, 6.45) is -0.617. The second-order valence-corrected chi connectivity index (χ2v) is 11.5. The molecule has 0 radical (unpaired) electrons. The molecule has 8 aromatic rings. The van der Waals surface area contributed by atoms with Gasteiger partial charge < -0.3 is 9.73 Å². The topological polar surface area (TPSA) is 49.9 Å². The molecule has 0 saturated carbocycles. The van der Waals surface area contributed by atoms with Gasteiger partial charge in [0.2, 0.25) is 0 Å². The summed E-state index contributed by atoms with van der Waals surface area (Å²) in [5.41, 5.74) is 6.36. The highest BCUT2D eigenvalue weighted by Gasteiger charge is 2.24. The molecule has 0 saturated heterocycles. The first-order chi connectivity index (χ1) is 25.3. The smallest absolute Gasteiger partial charge is 0.169 e. The quantitative estimate of drug-likeness (QED) is 0.211. The van der Waals surface area contributed by atoms with Gasteiger partial charge in [-0.3, -0.25) is 0 Å². The molecular weight excluding hydrogens is 574 g/mol. The average molecular weight is 609 g/mol. The van der Waals surface area contributed by atoms with Crippen LogP contribution in [0.3, 0.4) is 0 Å². The van der Waals surface area contributed by atoms with Gasteiger partial charge in [0.25, 0.3) is 0 Å². The Morgan fingerprint density at radius 1 is 0.532 bits per heavy atom. The molecule has 4 nitrogen and oxygen atoms in total. The molecule has 222 valence electrons. The van der Waals surface area contributed by atoms with Gasteiger partial charge in [0.15, 0.2) is 6.17 Å². The Morgan fingerprint density at radius 3 is 2.09 bits per heavy atom. The van der Waals surface area contributed by atoms with E-state index in [1.807, 2.05) is 78.9 Å². The number of para-hydroxylation sites is 1. The summed E-state index contributed by atoms with van der Waals surface area (Å²) in [7, 11) is 0. The molecule has 0 spiro atoms. The fourth-order valence-corrected chi connectivity index (χ4v) is 6.29. The number of fused-ring (bicyclic) bond motifs is 4. The highest BCUT2D eigenvalue weighted by molar-refractivity contribution is 6.24. The maximum atomic E-state index is 8.76. The third kappa shape index (κ3) is 4.97. The zero-order chi connectivity index (χ0) is 35.5. The molecule has 1 aliphatic heterocycles. The summed E-state index contributed by atoms with van der Waals surface area (Å²) >= 11 is 0. The number of furan rings is 1. The SMILES string of the molecule is [2H]c1c([2H])c([2H])c(-c2cc(C3=NC(c4ccc5ccc(-c6ccccc6)cc5c4)N=C(c4ccccc4)N3)c3c(c2)oc2ccccc23)c([2H])c1[2H]. The molecule has 2 heterocycles. The van der Waals surface area contributed by atoms with Crippen LogP contribution in [-0.4, -0.2) is 11.7 Å². The summed E-state index contributed by atoms with van der Waals surface area (Å²) in [6, 6.07) is 42.3. The van der Waals surface area contributed by atoms with Crippen LogP contribution in [0.25, 0.3) is 55.0 Å². The van der Waals surface area contributed by atoms with Crippen LogP contribution in [0.15, 0.2) is 178 Å². The van der Waals surface area contributed by atoms with Crippen molar-refractivity contribution in [1.82, 2.24) is 5.32 Å². The number of hydrogen-bond acceptors (Lipinski definition) is 4. The van der Waals surface area contributed by atoms with Crippen LogP contribution in [0.2, 0.25) is 0 Å². The van der Waals surface area contributed by atoms with Gasteiger partial charge in [0.1, 0.15) is 22.8 Å². The van der Waals surface area contributed by atoms with Crippen molar-refractivity contribution in [2.24, 2.45) is 9.98 Å². The van der Waals surface area contributed by atoms with E-state index < -0.39 is 24.3 Å². The molecule has 1 atom stereocenters. The number of rotatable bonds is 5. The molecule has 9 rings (SSSR count). The Balaban J connectivity index is 1.27. The number of nitrogens with zero attached hydrogens (tertiary/aromatic N) is 2. The lowest BCUT2D eigenvalue weighted by Gasteiger charge is -2.23. The largest absolute Gasteiger partial charge is 0.456 e. The van der Waals surface area contributed by atoms with Crippen molar-refractivity contribution < 1.29 is 11.3 Å². The minimum absolute atomic E-state index is 0.0864. The van der Waals surface area contributed by atoms with E-state index in [2.05, 4.69) is 53.8 Å². The highest BCUT2D eigenvalue weighted by atomic mass is 16.3. The van der Waals surface area contributed by atoms with Crippen molar-refractivity contribution in [3.8, 4) is 22.3 Å². The predicted molar refractivity (Wildman–Crippen MR) is 194 cm³/mol. The Bertz CT molecular complexity index is 2750. The Hall–Kier alpha value is -6.26. The van der Waals surface area contributed by atoms with E-state index in [0.29, 0.717) is 34.0 Å². The summed E-state index contributed by atoms with van der Waals surface area (Å²) < 4.78 is 48.8. The average Bonchev–Trinajstić information content (AvgIpc) is 3.58. The van der Waals surface area contributed by atoms with Crippen LogP contribution >= 0.6 is 0 Å². The molecule has 47 heavy (non-hydrogen) atoms. The van der Waals surface area contributed by atoms with Crippen LogP contribution < -0.4 is 5.32 Å². The fraction of sp³-hybridized carbons (Fsp3) is 0.0233. The van der Waals surface area contributed by atoms with E-state index in [1.54, 1.807) is 6.07 Å². The van der Waals surface area contributed by atoms with Crippen molar-refractivity contribution in [2.75, 3.05) is 0 Å². The van der Waals surface area contributed by atoms with Gasteiger partial charge in [-0.2, -0.15) is 0 Å². The number of amidine groups is 2. The molecule has 1 aliphatic rings. The Kier molecular flexibility index (Phi) is 5.34. The molecule has 0 aliphatic carbocycles. The number of nitrogens with one attached hydrogen (secondary N) is 1. The van der Waals surface area contributed by atoms with Crippen molar-refractivity contribution in [3.05, 3.63) is 180 Å². The molecule has 1 N–H and O–H groups in total. The molecule has 0 bridgehead atoms. The Morgan fingerprint density at radius 2 is 1.26 bits per heavy atom. The van der Waals surface area contributed by atoms with E-state index in [0.717, 1.165) is 43.8 Å². The van der Waals surface area contributed by atoms with Gasteiger partial charge in [-0.1, -0.05) is 133 Å². The third-order valence-corrected chi connectivity index (χ3v) is 8.58. The molecule has 4 heteroatoms. The minimum Gasteiger partial charge on any atom is -0.456 e. The van der Waals surface area contributed by atoms with E-state index in [4.69, 9.17) is 21.3 Å². The molecule has 1 aromatic heterocycles. The zero-order valence-corrected chi connectivity index (χ0v) is 25.1. The molecule has 0 fully saturated rings. The maximum absolute atomic E-state index is 8.76. The van der Waals surface area contributed by atoms with Crippen LogP contribution in [0, 0.1) is 0 Å². The summed E-state index contributed by atoms with van der Waals surface area (Å²) in [5, 5.41) is 7.32. The van der Waals surface area contributed by atoms with Gasteiger partial charge in [0.05, 0.1) is 6.85 Å². The first kappa shape index (κ1) is 22.3. The maximum Gasteiger partial charge on any atom is 0.169 e. The lowest BCUT2D eigenvalue weighted by Crippen LogP contribution is -2.36. The summed E-state index contributed by atoms with van der Waals surface area (Å²) in [5.74, 6) is 1.14. The van der Waals surface area contributed by atoms with Gasteiger partial charge in [-0.15, -0.1) is 0 Å². The van der Waals surface area contributed by atoms with E-state index in [9.17, 15) is 0 Å². The normalized spacial score (nSPS) is 16.1. The predicted octanol–water partition coefficient (Wildman–Crippen LogP) is 10.6. The first-order valence-corrected chi connectivity index (χ1v) is 15.4. The molecule has 1 unspecified atom stereocenters. The van der Waals surface area contributed by atoms with Gasteiger partial charge in [-0.05, 0) is 68.9 Å². The number of benzene rings is 7. The highest BCUT2D eigenvalue weighted by Crippen LogP contribution is 2.37. The zero-order valence-electron chi connectivity index (χ0n) is 30.1.